The van der Waals surface area contributed by atoms with E-state index in [4.69, 9.17) is 5.11 Å². The van der Waals surface area contributed by atoms with E-state index in [0.717, 1.165) is 5.01 Å². The number of aliphatic hydroxyl groups is 1. The minimum atomic E-state index is -0.306. The molecule has 102 valence electrons. The fourth-order valence-electron chi connectivity index (χ4n) is 1.37. The lowest BCUT2D eigenvalue weighted by Crippen LogP contribution is -2.12. The normalized spacial score (nSPS) is 9.70. The summed E-state index contributed by atoms with van der Waals surface area (Å²) in [6.07, 6.45) is 3.41. The first-order valence-electron chi connectivity index (χ1n) is 5.85. The molecule has 0 aromatic carbocycles. The largest absolute Gasteiger partial charge is 0.395 e. The molecule has 2 aromatic rings. The molecule has 7 heteroatoms. The number of aliphatic hydroxyl groups excluding tert-OH is 1. The van der Waals surface area contributed by atoms with Crippen molar-refractivity contribution >= 4 is 22.4 Å². The van der Waals surface area contributed by atoms with Crippen molar-refractivity contribution in [1.82, 2.24) is 15.2 Å². The average molecular weight is 288 g/mol. The van der Waals surface area contributed by atoms with Gasteiger partial charge < -0.3 is 5.11 Å². The number of nitrogens with one attached hydrogen (secondary N) is 1. The summed E-state index contributed by atoms with van der Waals surface area (Å²) >= 11 is 1.30. The van der Waals surface area contributed by atoms with Crippen LogP contribution in [0.4, 0.5) is 5.13 Å². The summed E-state index contributed by atoms with van der Waals surface area (Å²) in [6, 6.07) is 1.64. The second-order valence-corrected chi connectivity index (χ2v) is 5.00. The average Bonchev–Trinajstić information content (AvgIpc) is 2.85. The van der Waals surface area contributed by atoms with Crippen molar-refractivity contribution in [1.29, 1.82) is 0 Å². The van der Waals surface area contributed by atoms with Crippen LogP contribution in [0.25, 0.3) is 0 Å². The lowest BCUT2D eigenvalue weighted by atomic mass is 10.2. The minimum absolute atomic E-state index is 0.0109. The molecular weight excluding hydrogens is 276 g/mol. The predicted octanol–water partition coefficient (Wildman–Crippen LogP) is 1.23. The maximum absolute atomic E-state index is 12.0. The molecule has 0 radical (unpaired) electrons. The van der Waals surface area contributed by atoms with Gasteiger partial charge in [0, 0.05) is 24.4 Å². The summed E-state index contributed by atoms with van der Waals surface area (Å²) < 4.78 is 0. The Morgan fingerprint density at radius 2 is 2.30 bits per heavy atom. The van der Waals surface area contributed by atoms with Gasteiger partial charge >= 0.3 is 0 Å². The van der Waals surface area contributed by atoms with Gasteiger partial charge in [-0.1, -0.05) is 23.2 Å². The van der Waals surface area contributed by atoms with Gasteiger partial charge in [-0.15, -0.1) is 10.2 Å². The van der Waals surface area contributed by atoms with Crippen molar-refractivity contribution in [3.63, 3.8) is 0 Å². The Labute approximate surface area is 119 Å². The van der Waals surface area contributed by atoms with E-state index < -0.39 is 0 Å². The fraction of sp³-hybridized carbons (Fsp3) is 0.231. The van der Waals surface area contributed by atoms with Crippen LogP contribution in [0.3, 0.4) is 0 Å². The van der Waals surface area contributed by atoms with Crippen molar-refractivity contribution < 1.29 is 9.90 Å². The number of nitrogens with zero attached hydrogens (tertiary/aromatic N) is 3. The number of anilines is 1. The van der Waals surface area contributed by atoms with E-state index in [1.807, 2.05) is 6.92 Å². The second-order valence-electron chi connectivity index (χ2n) is 3.82. The van der Waals surface area contributed by atoms with Crippen LogP contribution in [-0.4, -0.2) is 32.8 Å². The lowest BCUT2D eigenvalue weighted by Gasteiger charge is -2.00. The van der Waals surface area contributed by atoms with Gasteiger partial charge in [-0.05, 0) is 13.0 Å². The van der Waals surface area contributed by atoms with Crippen LogP contribution in [0, 0.1) is 18.8 Å². The van der Waals surface area contributed by atoms with Gasteiger partial charge in [0.25, 0.3) is 5.91 Å². The zero-order chi connectivity index (χ0) is 14.4. The lowest BCUT2D eigenvalue weighted by molar-refractivity contribution is 0.102. The predicted molar refractivity (Wildman–Crippen MR) is 75.4 cm³/mol. The highest BCUT2D eigenvalue weighted by Gasteiger charge is 2.09. The van der Waals surface area contributed by atoms with Gasteiger partial charge in [-0.25, -0.2) is 0 Å². The summed E-state index contributed by atoms with van der Waals surface area (Å²) in [5, 5.41) is 20.2. The Bertz CT molecular complexity index is 672. The topological polar surface area (TPSA) is 88.0 Å². The molecule has 1 amide bonds. The number of hydrogen-bond donors (Lipinski definition) is 2. The Kier molecular flexibility index (Phi) is 4.76. The first kappa shape index (κ1) is 14.1. The van der Waals surface area contributed by atoms with E-state index in [9.17, 15) is 4.79 Å². The number of hydrogen-bond acceptors (Lipinski definition) is 6. The monoisotopic (exact) mass is 288 g/mol. The molecule has 0 saturated heterocycles. The smallest absolute Gasteiger partial charge is 0.259 e. The van der Waals surface area contributed by atoms with E-state index in [0.29, 0.717) is 22.7 Å². The minimum Gasteiger partial charge on any atom is -0.395 e. The van der Waals surface area contributed by atoms with Crippen LogP contribution >= 0.6 is 11.3 Å². The second kappa shape index (κ2) is 6.75. The van der Waals surface area contributed by atoms with E-state index >= 15 is 0 Å². The van der Waals surface area contributed by atoms with Crippen LogP contribution in [-0.2, 0) is 0 Å². The first-order chi connectivity index (χ1) is 9.69. The standard InChI is InChI=1S/C13H12N4O2S/c1-9-16-17-13(20-9)15-12(19)11-6-10(7-14-8-11)4-2-3-5-18/h6-8,18H,3,5H2,1H3,(H,15,17,19). The molecule has 0 bridgehead atoms. The Balaban J connectivity index is 2.10. The van der Waals surface area contributed by atoms with Gasteiger partial charge in [-0.3, -0.25) is 15.1 Å². The molecular formula is C13H12N4O2S. The van der Waals surface area contributed by atoms with E-state index in [-0.39, 0.29) is 12.5 Å². The maximum Gasteiger partial charge on any atom is 0.259 e. The Morgan fingerprint density at radius 1 is 1.45 bits per heavy atom. The van der Waals surface area contributed by atoms with Gasteiger partial charge in [-0.2, -0.15) is 0 Å². The Morgan fingerprint density at radius 3 is 3.00 bits per heavy atom. The van der Waals surface area contributed by atoms with Gasteiger partial charge in [0.1, 0.15) is 5.01 Å². The first-order valence-corrected chi connectivity index (χ1v) is 6.67. The molecule has 2 rings (SSSR count). The van der Waals surface area contributed by atoms with Crippen LogP contribution in [0.2, 0.25) is 0 Å². The van der Waals surface area contributed by atoms with Crippen LogP contribution in [0.15, 0.2) is 18.5 Å². The molecule has 0 unspecified atom stereocenters. The number of aryl methyl sites for hydroxylation is 1. The molecule has 0 aliphatic rings. The highest BCUT2D eigenvalue weighted by molar-refractivity contribution is 7.15. The van der Waals surface area contributed by atoms with Gasteiger partial charge in [0.2, 0.25) is 5.13 Å². The summed E-state index contributed by atoms with van der Waals surface area (Å²) in [5.74, 6) is 5.30. The van der Waals surface area contributed by atoms with E-state index in [1.165, 1.54) is 17.5 Å². The molecule has 0 atom stereocenters. The van der Waals surface area contributed by atoms with Crippen molar-refractivity contribution in [3.05, 3.63) is 34.6 Å². The number of rotatable bonds is 3. The van der Waals surface area contributed by atoms with Crippen molar-refractivity contribution in [3.8, 4) is 11.8 Å². The highest BCUT2D eigenvalue weighted by atomic mass is 32.1. The molecule has 6 nitrogen and oxygen atoms in total. The maximum atomic E-state index is 12.0. The third-order valence-corrected chi connectivity index (χ3v) is 2.97. The number of carbonyl (C=O) groups excluding carboxylic acids is 1. The van der Waals surface area contributed by atoms with Gasteiger partial charge in [0.15, 0.2) is 0 Å². The van der Waals surface area contributed by atoms with Crippen LogP contribution < -0.4 is 5.32 Å². The van der Waals surface area contributed by atoms with Crippen molar-refractivity contribution in [2.45, 2.75) is 13.3 Å². The molecule has 20 heavy (non-hydrogen) atoms. The Hall–Kier alpha value is -2.30. The quantitative estimate of drug-likeness (QED) is 0.829. The molecule has 0 saturated carbocycles. The summed E-state index contributed by atoms with van der Waals surface area (Å²) in [6.45, 7) is 1.82. The SMILES string of the molecule is Cc1nnc(NC(=O)c2cncc(C#CCCO)c2)s1. The van der Waals surface area contributed by atoms with Crippen LogP contribution in [0.5, 0.6) is 0 Å². The van der Waals surface area contributed by atoms with E-state index in [1.54, 1.807) is 12.3 Å². The third kappa shape index (κ3) is 3.85. The molecule has 0 aliphatic carbocycles. The van der Waals surface area contributed by atoms with Gasteiger partial charge in [0.05, 0.1) is 12.2 Å². The third-order valence-electron chi connectivity index (χ3n) is 2.22. The molecule has 2 N–H and O–H groups in total. The van der Waals surface area contributed by atoms with Crippen LogP contribution in [0.1, 0.15) is 27.3 Å². The summed E-state index contributed by atoms with van der Waals surface area (Å²) in [4.78, 5) is 16.0. The number of amides is 1. The van der Waals surface area contributed by atoms with Crippen molar-refractivity contribution in [2.75, 3.05) is 11.9 Å². The number of carbonyl (C=O) groups is 1. The molecule has 0 fully saturated rings. The molecule has 0 spiro atoms. The summed E-state index contributed by atoms with van der Waals surface area (Å²) in [5.41, 5.74) is 1.02. The fourth-order valence-corrected chi connectivity index (χ4v) is 1.96. The zero-order valence-corrected chi connectivity index (χ0v) is 11.6. The highest BCUT2D eigenvalue weighted by Crippen LogP contribution is 2.15. The van der Waals surface area contributed by atoms with E-state index in [2.05, 4.69) is 32.3 Å². The number of aromatic nitrogens is 3. The summed E-state index contributed by atoms with van der Waals surface area (Å²) in [7, 11) is 0. The van der Waals surface area contributed by atoms with Crippen molar-refractivity contribution in [2.24, 2.45) is 0 Å². The molecule has 2 aromatic heterocycles. The number of pyridine rings is 1. The molecule has 2 heterocycles. The zero-order valence-electron chi connectivity index (χ0n) is 10.8. The molecule has 0 aliphatic heterocycles.